The number of ketones is 1. The quantitative estimate of drug-likeness (QED) is 0.743. The molecule has 0 atom stereocenters. The second kappa shape index (κ2) is 4.48. The van der Waals surface area contributed by atoms with Crippen LogP contribution in [0.1, 0.15) is 36.5 Å². The highest BCUT2D eigenvalue weighted by Gasteiger charge is 2.18. The zero-order valence-corrected chi connectivity index (χ0v) is 10.2. The molecule has 0 radical (unpaired) electrons. The molecule has 0 saturated heterocycles. The second-order valence-electron chi connectivity index (χ2n) is 3.80. The molecule has 90 valence electrons. The van der Waals surface area contributed by atoms with Crippen LogP contribution in [0.2, 0.25) is 0 Å². The van der Waals surface area contributed by atoms with Crippen LogP contribution in [0, 0.1) is 0 Å². The van der Waals surface area contributed by atoms with Crippen molar-refractivity contribution in [2.45, 2.75) is 26.7 Å². The average molecular weight is 233 g/mol. The van der Waals surface area contributed by atoms with E-state index in [9.17, 15) is 4.79 Å². The lowest BCUT2D eigenvalue weighted by Gasteiger charge is -2.01. The predicted octanol–water partition coefficient (Wildman–Crippen LogP) is 1.16. The summed E-state index contributed by atoms with van der Waals surface area (Å²) < 4.78 is 3.37. The molecule has 0 N–H and O–H groups in total. The standard InChI is InChI=1S/C11H15N5O/c1-4-9-11(10(17)5-2)13-14-16(9)8-6-12-15(3)7-8/h6-7H,4-5H2,1-3H3. The summed E-state index contributed by atoms with van der Waals surface area (Å²) in [4.78, 5) is 11.7. The molecule has 0 spiro atoms. The molecule has 0 aliphatic rings. The summed E-state index contributed by atoms with van der Waals surface area (Å²) in [6, 6.07) is 0. The number of carbonyl (C=O) groups excluding carboxylic acids is 1. The van der Waals surface area contributed by atoms with E-state index in [2.05, 4.69) is 15.4 Å². The van der Waals surface area contributed by atoms with Gasteiger partial charge in [-0.25, -0.2) is 4.68 Å². The summed E-state index contributed by atoms with van der Waals surface area (Å²) in [7, 11) is 1.84. The first-order valence-electron chi connectivity index (χ1n) is 5.64. The molecule has 0 aliphatic carbocycles. The fraction of sp³-hybridized carbons (Fsp3) is 0.455. The molecule has 2 aromatic rings. The molecule has 6 nitrogen and oxygen atoms in total. The Kier molecular flexibility index (Phi) is 3.03. The molecule has 6 heteroatoms. The minimum absolute atomic E-state index is 0.0250. The molecule has 0 fully saturated rings. The minimum Gasteiger partial charge on any atom is -0.292 e. The van der Waals surface area contributed by atoms with Crippen LogP contribution in [0.25, 0.3) is 5.69 Å². The highest BCUT2D eigenvalue weighted by Crippen LogP contribution is 2.14. The lowest BCUT2D eigenvalue weighted by molar-refractivity contribution is 0.0982. The number of hydrogen-bond acceptors (Lipinski definition) is 4. The van der Waals surface area contributed by atoms with Crippen LogP contribution in [0.15, 0.2) is 12.4 Å². The molecule has 0 aliphatic heterocycles. The highest BCUT2D eigenvalue weighted by atomic mass is 16.1. The maximum atomic E-state index is 11.7. The van der Waals surface area contributed by atoms with E-state index in [4.69, 9.17) is 0 Å². The third-order valence-electron chi connectivity index (χ3n) is 2.62. The van der Waals surface area contributed by atoms with E-state index < -0.39 is 0 Å². The van der Waals surface area contributed by atoms with Gasteiger partial charge < -0.3 is 0 Å². The largest absolute Gasteiger partial charge is 0.292 e. The van der Waals surface area contributed by atoms with Crippen molar-refractivity contribution in [1.29, 1.82) is 0 Å². The van der Waals surface area contributed by atoms with Gasteiger partial charge in [0.25, 0.3) is 0 Å². The minimum atomic E-state index is 0.0250. The third-order valence-corrected chi connectivity index (χ3v) is 2.62. The maximum absolute atomic E-state index is 11.7. The lowest BCUT2D eigenvalue weighted by atomic mass is 10.1. The normalized spacial score (nSPS) is 10.8. The van der Waals surface area contributed by atoms with Crippen LogP contribution >= 0.6 is 0 Å². The molecular weight excluding hydrogens is 218 g/mol. The van der Waals surface area contributed by atoms with Crippen LogP contribution in [-0.4, -0.2) is 30.6 Å². The number of aryl methyl sites for hydroxylation is 1. The van der Waals surface area contributed by atoms with E-state index in [1.165, 1.54) is 0 Å². The van der Waals surface area contributed by atoms with Gasteiger partial charge in [-0.05, 0) is 6.42 Å². The van der Waals surface area contributed by atoms with E-state index >= 15 is 0 Å². The zero-order chi connectivity index (χ0) is 12.4. The van der Waals surface area contributed by atoms with E-state index in [0.29, 0.717) is 18.5 Å². The van der Waals surface area contributed by atoms with Gasteiger partial charge in [0.2, 0.25) is 0 Å². The number of rotatable bonds is 4. The van der Waals surface area contributed by atoms with E-state index in [1.54, 1.807) is 15.6 Å². The molecule has 0 saturated carbocycles. The molecule has 0 amide bonds. The summed E-state index contributed by atoms with van der Waals surface area (Å²) in [6.45, 7) is 3.81. The zero-order valence-electron chi connectivity index (χ0n) is 10.2. The second-order valence-corrected chi connectivity index (χ2v) is 3.80. The van der Waals surface area contributed by atoms with Crippen LogP contribution in [0.5, 0.6) is 0 Å². The molecule has 2 rings (SSSR count). The van der Waals surface area contributed by atoms with E-state index in [-0.39, 0.29) is 5.78 Å². The Labute approximate surface area is 99.2 Å². The fourth-order valence-electron chi connectivity index (χ4n) is 1.73. The SMILES string of the molecule is CCC(=O)c1nnn(-c2cnn(C)c2)c1CC. The van der Waals surface area contributed by atoms with Crippen molar-refractivity contribution in [1.82, 2.24) is 24.8 Å². The molecule has 0 bridgehead atoms. The van der Waals surface area contributed by atoms with Crippen LogP contribution in [-0.2, 0) is 13.5 Å². The Balaban J connectivity index is 2.49. The van der Waals surface area contributed by atoms with Crippen LogP contribution in [0.4, 0.5) is 0 Å². The Hall–Kier alpha value is -1.98. The van der Waals surface area contributed by atoms with Gasteiger partial charge >= 0.3 is 0 Å². The number of aromatic nitrogens is 5. The van der Waals surface area contributed by atoms with Crippen molar-refractivity contribution in [3.8, 4) is 5.69 Å². The lowest BCUT2D eigenvalue weighted by Crippen LogP contribution is -2.05. The molecule has 0 aromatic carbocycles. The third kappa shape index (κ3) is 1.98. The molecule has 0 unspecified atom stereocenters. The van der Waals surface area contributed by atoms with Crippen LogP contribution < -0.4 is 0 Å². The first-order chi connectivity index (χ1) is 8.17. The first-order valence-corrected chi connectivity index (χ1v) is 5.64. The molecular formula is C11H15N5O. The summed E-state index contributed by atoms with van der Waals surface area (Å²) in [5.74, 6) is 0.0250. The van der Waals surface area contributed by atoms with Crippen molar-refractivity contribution in [3.05, 3.63) is 23.8 Å². The summed E-state index contributed by atoms with van der Waals surface area (Å²) in [5, 5.41) is 12.1. The Morgan fingerprint density at radius 2 is 2.18 bits per heavy atom. The Morgan fingerprint density at radius 3 is 2.71 bits per heavy atom. The van der Waals surface area contributed by atoms with Crippen molar-refractivity contribution in [2.75, 3.05) is 0 Å². The summed E-state index contributed by atoms with van der Waals surface area (Å²) >= 11 is 0. The first kappa shape index (κ1) is 11.5. The van der Waals surface area contributed by atoms with E-state index in [1.807, 2.05) is 27.1 Å². The topological polar surface area (TPSA) is 65.6 Å². The highest BCUT2D eigenvalue weighted by molar-refractivity contribution is 5.95. The Morgan fingerprint density at radius 1 is 1.41 bits per heavy atom. The molecule has 2 aromatic heterocycles. The number of nitrogens with zero attached hydrogens (tertiary/aromatic N) is 5. The van der Waals surface area contributed by atoms with Gasteiger partial charge in [-0.2, -0.15) is 5.10 Å². The van der Waals surface area contributed by atoms with Gasteiger partial charge in [-0.3, -0.25) is 9.48 Å². The monoisotopic (exact) mass is 233 g/mol. The van der Waals surface area contributed by atoms with Gasteiger partial charge in [0, 0.05) is 13.5 Å². The van der Waals surface area contributed by atoms with Gasteiger partial charge in [0.05, 0.1) is 18.1 Å². The summed E-state index contributed by atoms with van der Waals surface area (Å²) in [5.41, 5.74) is 2.13. The van der Waals surface area contributed by atoms with E-state index in [0.717, 1.165) is 11.4 Å². The van der Waals surface area contributed by atoms with Gasteiger partial charge in [-0.1, -0.05) is 19.1 Å². The van der Waals surface area contributed by atoms with Crippen LogP contribution in [0.3, 0.4) is 0 Å². The molecule has 17 heavy (non-hydrogen) atoms. The smallest absolute Gasteiger partial charge is 0.184 e. The predicted molar refractivity (Wildman–Crippen MR) is 62.1 cm³/mol. The van der Waals surface area contributed by atoms with Crippen molar-refractivity contribution in [3.63, 3.8) is 0 Å². The Bertz CT molecular complexity index is 540. The number of Topliss-reactive ketones (excluding diaryl/α,β-unsaturated/α-hetero) is 1. The van der Waals surface area contributed by atoms with Crippen molar-refractivity contribution < 1.29 is 4.79 Å². The fourth-order valence-corrected chi connectivity index (χ4v) is 1.73. The maximum Gasteiger partial charge on any atom is 0.184 e. The van der Waals surface area contributed by atoms with Gasteiger partial charge in [0.15, 0.2) is 11.5 Å². The number of hydrogen-bond donors (Lipinski definition) is 0. The molecule has 2 heterocycles. The van der Waals surface area contributed by atoms with Gasteiger partial charge in [0.1, 0.15) is 5.69 Å². The van der Waals surface area contributed by atoms with Gasteiger partial charge in [-0.15, -0.1) is 5.10 Å². The number of carbonyl (C=O) groups is 1. The van der Waals surface area contributed by atoms with Crippen molar-refractivity contribution in [2.24, 2.45) is 7.05 Å². The average Bonchev–Trinajstić information content (AvgIpc) is 2.93. The van der Waals surface area contributed by atoms with Crippen molar-refractivity contribution >= 4 is 5.78 Å². The summed E-state index contributed by atoms with van der Waals surface area (Å²) in [6.07, 6.45) is 4.70.